The number of β-amino-alcohol motifs (C(OH)–C–C–N with tert-alkyl or cyclic N) is 1. The van der Waals surface area contributed by atoms with Crippen LogP contribution in [0.1, 0.15) is 6.42 Å². The molecule has 0 bridgehead atoms. The number of likely N-dealkylation sites (tertiary alicyclic amines) is 1. The van der Waals surface area contributed by atoms with Crippen molar-refractivity contribution in [3.8, 4) is 5.75 Å². The van der Waals surface area contributed by atoms with Gasteiger partial charge in [0.1, 0.15) is 5.75 Å². The number of nitrogens with zero attached hydrogens (tertiary/aromatic N) is 1. The van der Waals surface area contributed by atoms with Gasteiger partial charge in [0, 0.05) is 18.1 Å². The molecule has 18 heavy (non-hydrogen) atoms. The lowest BCUT2D eigenvalue weighted by Gasteiger charge is -2.16. The van der Waals surface area contributed by atoms with E-state index >= 15 is 0 Å². The minimum absolute atomic E-state index is 0.0348. The van der Waals surface area contributed by atoms with Gasteiger partial charge in [-0.15, -0.1) is 0 Å². The molecular weight excluding hydrogens is 321 g/mol. The molecule has 6 heteroatoms. The molecule has 0 aliphatic carbocycles. The number of ether oxygens (including phenoxy) is 1. The van der Waals surface area contributed by atoms with Crippen LogP contribution in [-0.2, 0) is 4.79 Å². The van der Waals surface area contributed by atoms with Crippen LogP contribution < -0.4 is 4.74 Å². The largest absolute Gasteiger partial charge is 0.483 e. The first-order chi connectivity index (χ1) is 8.56. The molecule has 1 N–H and O–H groups in total. The third-order valence-corrected chi connectivity index (χ3v) is 3.62. The fourth-order valence-corrected chi connectivity index (χ4v) is 2.59. The molecule has 0 aromatic heterocycles. The van der Waals surface area contributed by atoms with E-state index in [1.54, 1.807) is 23.1 Å². The second-order valence-corrected chi connectivity index (χ2v) is 5.44. The van der Waals surface area contributed by atoms with Crippen LogP contribution in [0.5, 0.6) is 5.75 Å². The number of carbonyl (C=O) groups excluding carboxylic acids is 1. The average molecular weight is 335 g/mol. The maximum atomic E-state index is 11.8. The highest BCUT2D eigenvalue weighted by molar-refractivity contribution is 9.10. The molecule has 0 unspecified atom stereocenters. The molecule has 1 saturated heterocycles. The Hall–Kier alpha value is -0.780. The molecule has 1 atom stereocenters. The number of halogens is 2. The Morgan fingerprint density at radius 3 is 3.00 bits per heavy atom. The lowest BCUT2D eigenvalue weighted by atomic mass is 10.3. The highest BCUT2D eigenvalue weighted by Gasteiger charge is 2.24. The summed E-state index contributed by atoms with van der Waals surface area (Å²) in [6.45, 7) is 0.947. The molecule has 1 aromatic carbocycles. The molecule has 1 aliphatic heterocycles. The number of benzene rings is 1. The number of carbonyl (C=O) groups is 1. The molecular formula is C12H13BrClNO3. The molecule has 0 radical (unpaired) electrons. The second kappa shape index (κ2) is 5.91. The summed E-state index contributed by atoms with van der Waals surface area (Å²) in [7, 11) is 0. The van der Waals surface area contributed by atoms with Gasteiger partial charge in [0.2, 0.25) is 0 Å². The molecule has 1 fully saturated rings. The van der Waals surface area contributed by atoms with Crippen molar-refractivity contribution in [2.75, 3.05) is 19.7 Å². The summed E-state index contributed by atoms with van der Waals surface area (Å²) >= 11 is 9.13. The number of aliphatic hydroxyl groups is 1. The molecule has 1 amide bonds. The van der Waals surface area contributed by atoms with Gasteiger partial charge >= 0.3 is 0 Å². The summed E-state index contributed by atoms with van der Waals surface area (Å²) in [6.07, 6.45) is 0.229. The normalized spacial score (nSPS) is 19.1. The maximum Gasteiger partial charge on any atom is 0.260 e. The predicted molar refractivity (Wildman–Crippen MR) is 71.9 cm³/mol. The van der Waals surface area contributed by atoms with Crippen LogP contribution in [0.3, 0.4) is 0 Å². The van der Waals surface area contributed by atoms with E-state index < -0.39 is 6.10 Å². The first-order valence-corrected chi connectivity index (χ1v) is 6.77. The smallest absolute Gasteiger partial charge is 0.260 e. The molecule has 0 saturated carbocycles. The molecule has 4 nitrogen and oxygen atoms in total. The van der Waals surface area contributed by atoms with Crippen LogP contribution in [0.2, 0.25) is 5.02 Å². The summed E-state index contributed by atoms with van der Waals surface area (Å²) in [4.78, 5) is 13.4. The number of aliphatic hydroxyl groups excluding tert-OH is 1. The quantitative estimate of drug-likeness (QED) is 0.921. The highest BCUT2D eigenvalue weighted by Crippen LogP contribution is 2.28. The van der Waals surface area contributed by atoms with Gasteiger partial charge in [-0.3, -0.25) is 4.79 Å². The summed E-state index contributed by atoms with van der Waals surface area (Å²) in [5.74, 6) is 0.459. The molecule has 1 aromatic rings. The molecule has 0 spiro atoms. The van der Waals surface area contributed by atoms with Crippen molar-refractivity contribution in [1.82, 2.24) is 4.90 Å². The van der Waals surface area contributed by atoms with E-state index in [1.807, 2.05) is 0 Å². The third kappa shape index (κ3) is 3.37. The summed E-state index contributed by atoms with van der Waals surface area (Å²) in [5, 5.41) is 9.95. The van der Waals surface area contributed by atoms with Crippen molar-refractivity contribution >= 4 is 33.4 Å². The van der Waals surface area contributed by atoms with E-state index in [1.165, 1.54) is 0 Å². The van der Waals surface area contributed by atoms with E-state index in [0.29, 0.717) is 34.8 Å². The van der Waals surface area contributed by atoms with Gasteiger partial charge in [-0.05, 0) is 40.5 Å². The van der Waals surface area contributed by atoms with Gasteiger partial charge in [0.05, 0.1) is 10.6 Å². The van der Waals surface area contributed by atoms with Crippen molar-refractivity contribution in [3.63, 3.8) is 0 Å². The van der Waals surface area contributed by atoms with Crippen molar-refractivity contribution in [3.05, 3.63) is 27.7 Å². The van der Waals surface area contributed by atoms with Crippen molar-refractivity contribution < 1.29 is 14.6 Å². The summed E-state index contributed by atoms with van der Waals surface area (Å²) < 4.78 is 6.14. The van der Waals surface area contributed by atoms with Crippen LogP contribution in [0.25, 0.3) is 0 Å². The lowest BCUT2D eigenvalue weighted by molar-refractivity contribution is -0.132. The van der Waals surface area contributed by atoms with E-state index in [4.69, 9.17) is 16.3 Å². The molecule has 98 valence electrons. The zero-order valence-electron chi connectivity index (χ0n) is 9.60. The van der Waals surface area contributed by atoms with Crippen LogP contribution in [0, 0.1) is 0 Å². The Morgan fingerprint density at radius 2 is 2.39 bits per heavy atom. The molecule has 1 aliphatic rings. The van der Waals surface area contributed by atoms with Gasteiger partial charge in [-0.25, -0.2) is 0 Å². The van der Waals surface area contributed by atoms with Gasteiger partial charge in [0.25, 0.3) is 5.91 Å². The van der Waals surface area contributed by atoms with Gasteiger partial charge in [0.15, 0.2) is 6.61 Å². The number of hydrogen-bond acceptors (Lipinski definition) is 3. The van der Waals surface area contributed by atoms with E-state index in [9.17, 15) is 9.90 Å². The van der Waals surface area contributed by atoms with Gasteiger partial charge in [-0.2, -0.15) is 0 Å². The highest BCUT2D eigenvalue weighted by atomic mass is 79.9. The minimum atomic E-state index is -0.406. The Morgan fingerprint density at radius 1 is 1.61 bits per heavy atom. The predicted octanol–water partition coefficient (Wildman–Crippen LogP) is 2.07. The number of hydrogen-bond donors (Lipinski definition) is 1. The van der Waals surface area contributed by atoms with Crippen molar-refractivity contribution in [2.45, 2.75) is 12.5 Å². The van der Waals surface area contributed by atoms with Crippen LogP contribution in [0.15, 0.2) is 22.7 Å². The van der Waals surface area contributed by atoms with Crippen molar-refractivity contribution in [1.29, 1.82) is 0 Å². The standard InChI is InChI=1S/C12H13BrClNO3/c13-10-5-8(14)1-2-11(10)18-7-12(17)15-4-3-9(16)6-15/h1-2,5,9,16H,3-4,6-7H2/t9-/m1/s1. The number of rotatable bonds is 3. The van der Waals surface area contributed by atoms with Crippen molar-refractivity contribution in [2.24, 2.45) is 0 Å². The van der Waals surface area contributed by atoms with E-state index in [-0.39, 0.29) is 12.5 Å². The SMILES string of the molecule is O=C(COc1ccc(Cl)cc1Br)N1CC[C@@H](O)C1. The topological polar surface area (TPSA) is 49.8 Å². The molecule has 2 rings (SSSR count). The lowest BCUT2D eigenvalue weighted by Crippen LogP contribution is -2.33. The fourth-order valence-electron chi connectivity index (χ4n) is 1.79. The Bertz CT molecular complexity index is 455. The van der Waals surface area contributed by atoms with Gasteiger partial charge < -0.3 is 14.7 Å². The van der Waals surface area contributed by atoms with Crippen LogP contribution in [-0.4, -0.2) is 41.7 Å². The minimum Gasteiger partial charge on any atom is -0.483 e. The first-order valence-electron chi connectivity index (χ1n) is 5.60. The van der Waals surface area contributed by atoms with Crippen LogP contribution >= 0.6 is 27.5 Å². The Kier molecular flexibility index (Phi) is 4.48. The number of amides is 1. The zero-order valence-corrected chi connectivity index (χ0v) is 11.9. The Labute approximate surface area is 119 Å². The van der Waals surface area contributed by atoms with Crippen LogP contribution in [0.4, 0.5) is 0 Å². The average Bonchev–Trinajstić information content (AvgIpc) is 2.74. The fraction of sp³-hybridized carbons (Fsp3) is 0.417. The first kappa shape index (κ1) is 13.6. The summed E-state index contributed by atoms with van der Waals surface area (Å²) in [6, 6.07) is 5.12. The van der Waals surface area contributed by atoms with Gasteiger partial charge in [-0.1, -0.05) is 11.6 Å². The van der Waals surface area contributed by atoms with E-state index in [2.05, 4.69) is 15.9 Å². The zero-order chi connectivity index (χ0) is 13.1. The third-order valence-electron chi connectivity index (χ3n) is 2.76. The monoisotopic (exact) mass is 333 g/mol. The maximum absolute atomic E-state index is 11.8. The van der Waals surface area contributed by atoms with E-state index in [0.717, 1.165) is 0 Å². The second-order valence-electron chi connectivity index (χ2n) is 4.15. The Balaban J connectivity index is 1.89. The summed E-state index contributed by atoms with van der Waals surface area (Å²) in [5.41, 5.74) is 0. The molecule has 1 heterocycles.